The summed E-state index contributed by atoms with van der Waals surface area (Å²) < 4.78 is 5.42. The average Bonchev–Trinajstić information content (AvgIpc) is 2.01. The Balaban J connectivity index is 2.14. The molecule has 0 aromatic heterocycles. The van der Waals surface area contributed by atoms with Crippen molar-refractivity contribution in [2.75, 3.05) is 6.61 Å². The molecule has 0 radical (unpaired) electrons. The first-order valence-corrected chi connectivity index (χ1v) is 4.72. The standard InChI is InChI=1S/C9H17NO3/c1-2-3-4-13-7-5-9(10,6-7)8(11)12/h7H,2-6,10H2,1H3,(H,11,12). The van der Waals surface area contributed by atoms with Gasteiger partial charge in [-0.15, -0.1) is 0 Å². The van der Waals surface area contributed by atoms with Crippen LogP contribution in [0.4, 0.5) is 0 Å². The molecule has 0 aromatic carbocycles. The second-order valence-corrected chi connectivity index (χ2v) is 3.72. The molecule has 4 nitrogen and oxygen atoms in total. The molecule has 1 fully saturated rings. The molecule has 3 N–H and O–H groups in total. The molecule has 0 atom stereocenters. The first kappa shape index (κ1) is 10.5. The summed E-state index contributed by atoms with van der Waals surface area (Å²) in [6, 6.07) is 0. The Morgan fingerprint density at radius 2 is 2.31 bits per heavy atom. The number of ether oxygens (including phenoxy) is 1. The van der Waals surface area contributed by atoms with Gasteiger partial charge in [0.05, 0.1) is 6.10 Å². The van der Waals surface area contributed by atoms with Crippen LogP contribution in [0.25, 0.3) is 0 Å². The number of carbonyl (C=O) groups is 1. The van der Waals surface area contributed by atoms with E-state index in [4.69, 9.17) is 15.6 Å². The summed E-state index contributed by atoms with van der Waals surface area (Å²) in [4.78, 5) is 10.6. The van der Waals surface area contributed by atoms with Crippen molar-refractivity contribution < 1.29 is 14.6 Å². The Hall–Kier alpha value is -0.610. The monoisotopic (exact) mass is 187 g/mol. The molecule has 0 spiro atoms. The summed E-state index contributed by atoms with van der Waals surface area (Å²) in [5.41, 5.74) is 4.54. The lowest BCUT2D eigenvalue weighted by Crippen LogP contribution is -2.60. The summed E-state index contributed by atoms with van der Waals surface area (Å²) >= 11 is 0. The van der Waals surface area contributed by atoms with Crippen LogP contribution in [0.3, 0.4) is 0 Å². The summed E-state index contributed by atoms with van der Waals surface area (Å²) in [5, 5.41) is 8.70. The van der Waals surface area contributed by atoms with Gasteiger partial charge in [-0.25, -0.2) is 0 Å². The second kappa shape index (κ2) is 4.07. The number of carboxylic acids is 1. The van der Waals surface area contributed by atoms with E-state index in [1.807, 2.05) is 0 Å². The molecule has 1 saturated carbocycles. The zero-order valence-electron chi connectivity index (χ0n) is 7.95. The molecule has 0 aromatic rings. The molecule has 0 heterocycles. The highest BCUT2D eigenvalue weighted by atomic mass is 16.5. The third-order valence-corrected chi connectivity index (χ3v) is 2.46. The molecule has 0 unspecified atom stereocenters. The van der Waals surface area contributed by atoms with E-state index < -0.39 is 11.5 Å². The van der Waals surface area contributed by atoms with Gasteiger partial charge in [-0.1, -0.05) is 13.3 Å². The van der Waals surface area contributed by atoms with Gasteiger partial charge in [0, 0.05) is 19.4 Å². The lowest BCUT2D eigenvalue weighted by atomic mass is 9.75. The van der Waals surface area contributed by atoms with Crippen LogP contribution in [0.2, 0.25) is 0 Å². The SMILES string of the molecule is CCCCOC1CC(N)(C(=O)O)C1. The lowest BCUT2D eigenvalue weighted by Gasteiger charge is -2.40. The highest BCUT2D eigenvalue weighted by molar-refractivity contribution is 5.80. The van der Waals surface area contributed by atoms with E-state index in [2.05, 4.69) is 6.92 Å². The molecule has 4 heteroatoms. The fraction of sp³-hybridized carbons (Fsp3) is 0.889. The highest BCUT2D eigenvalue weighted by Gasteiger charge is 2.47. The fourth-order valence-corrected chi connectivity index (χ4v) is 1.44. The van der Waals surface area contributed by atoms with E-state index in [9.17, 15) is 4.79 Å². The van der Waals surface area contributed by atoms with Crippen LogP contribution in [0.1, 0.15) is 32.6 Å². The van der Waals surface area contributed by atoms with E-state index in [0.717, 1.165) is 19.4 Å². The van der Waals surface area contributed by atoms with E-state index in [1.165, 1.54) is 0 Å². The van der Waals surface area contributed by atoms with Crippen molar-refractivity contribution in [2.45, 2.75) is 44.2 Å². The summed E-state index contributed by atoms with van der Waals surface area (Å²) in [6.45, 7) is 2.81. The van der Waals surface area contributed by atoms with Gasteiger partial charge in [0.1, 0.15) is 5.54 Å². The first-order valence-electron chi connectivity index (χ1n) is 4.72. The maximum absolute atomic E-state index is 10.6. The van der Waals surface area contributed by atoms with Crippen molar-refractivity contribution >= 4 is 5.97 Å². The molecular weight excluding hydrogens is 170 g/mol. The average molecular weight is 187 g/mol. The molecule has 0 aliphatic heterocycles. The predicted octanol–water partition coefficient (Wildman–Crippen LogP) is 0.748. The van der Waals surface area contributed by atoms with Crippen LogP contribution in [0.5, 0.6) is 0 Å². The third kappa shape index (κ3) is 2.42. The zero-order valence-corrected chi connectivity index (χ0v) is 7.95. The van der Waals surface area contributed by atoms with E-state index in [1.54, 1.807) is 0 Å². The molecule has 1 aliphatic rings. The summed E-state index contributed by atoms with van der Waals surface area (Å²) in [7, 11) is 0. The maximum Gasteiger partial charge on any atom is 0.323 e. The number of rotatable bonds is 5. The number of nitrogens with two attached hydrogens (primary N) is 1. The Labute approximate surface area is 78.1 Å². The topological polar surface area (TPSA) is 72.5 Å². The van der Waals surface area contributed by atoms with Crippen molar-refractivity contribution in [3.05, 3.63) is 0 Å². The van der Waals surface area contributed by atoms with Crippen LogP contribution in [0.15, 0.2) is 0 Å². The largest absolute Gasteiger partial charge is 0.480 e. The number of unbranched alkanes of at least 4 members (excludes halogenated alkanes) is 1. The normalized spacial score (nSPS) is 32.6. The Bertz CT molecular complexity index is 187. The van der Waals surface area contributed by atoms with E-state index >= 15 is 0 Å². The second-order valence-electron chi connectivity index (χ2n) is 3.72. The van der Waals surface area contributed by atoms with Crippen molar-refractivity contribution in [2.24, 2.45) is 5.73 Å². The van der Waals surface area contributed by atoms with Crippen molar-refractivity contribution in [3.63, 3.8) is 0 Å². The first-order chi connectivity index (χ1) is 6.08. The lowest BCUT2D eigenvalue weighted by molar-refractivity contribution is -0.154. The molecule has 13 heavy (non-hydrogen) atoms. The van der Waals surface area contributed by atoms with Gasteiger partial charge < -0.3 is 15.6 Å². The quantitative estimate of drug-likeness (QED) is 0.623. The summed E-state index contributed by atoms with van der Waals surface area (Å²) in [5.74, 6) is -0.914. The molecule has 0 bridgehead atoms. The zero-order chi connectivity index (χ0) is 9.90. The minimum absolute atomic E-state index is 0.0626. The highest BCUT2D eigenvalue weighted by Crippen LogP contribution is 2.32. The van der Waals surface area contributed by atoms with Crippen molar-refractivity contribution in [1.82, 2.24) is 0 Å². The van der Waals surface area contributed by atoms with Crippen LogP contribution < -0.4 is 5.73 Å². The number of hydrogen-bond donors (Lipinski definition) is 2. The van der Waals surface area contributed by atoms with Crippen LogP contribution in [0, 0.1) is 0 Å². The third-order valence-electron chi connectivity index (χ3n) is 2.46. The minimum atomic E-state index is -1.02. The number of aliphatic carboxylic acids is 1. The molecular formula is C9H17NO3. The fourth-order valence-electron chi connectivity index (χ4n) is 1.44. The maximum atomic E-state index is 10.6. The predicted molar refractivity (Wildman–Crippen MR) is 48.4 cm³/mol. The smallest absolute Gasteiger partial charge is 0.323 e. The summed E-state index contributed by atoms with van der Waals surface area (Å²) in [6.07, 6.45) is 3.09. The minimum Gasteiger partial charge on any atom is -0.480 e. The number of hydrogen-bond acceptors (Lipinski definition) is 3. The Morgan fingerprint density at radius 1 is 1.69 bits per heavy atom. The van der Waals surface area contributed by atoms with Crippen molar-refractivity contribution in [3.8, 4) is 0 Å². The van der Waals surface area contributed by atoms with Gasteiger partial charge in [-0.3, -0.25) is 4.79 Å². The van der Waals surface area contributed by atoms with Gasteiger partial charge in [-0.2, -0.15) is 0 Å². The van der Waals surface area contributed by atoms with Gasteiger partial charge >= 0.3 is 5.97 Å². The van der Waals surface area contributed by atoms with Crippen LogP contribution in [-0.4, -0.2) is 29.3 Å². The van der Waals surface area contributed by atoms with E-state index in [-0.39, 0.29) is 6.10 Å². The number of carboxylic acid groups (broad SMARTS) is 1. The Kier molecular flexibility index (Phi) is 3.27. The van der Waals surface area contributed by atoms with Gasteiger partial charge in [0.25, 0.3) is 0 Å². The molecule has 0 amide bonds. The van der Waals surface area contributed by atoms with Crippen LogP contribution >= 0.6 is 0 Å². The Morgan fingerprint density at radius 3 is 2.77 bits per heavy atom. The van der Waals surface area contributed by atoms with Crippen LogP contribution in [-0.2, 0) is 9.53 Å². The molecule has 1 aliphatic carbocycles. The van der Waals surface area contributed by atoms with Gasteiger partial charge in [-0.05, 0) is 6.42 Å². The molecule has 0 saturated heterocycles. The van der Waals surface area contributed by atoms with Gasteiger partial charge in [0.2, 0.25) is 0 Å². The molecule has 76 valence electrons. The van der Waals surface area contributed by atoms with E-state index in [0.29, 0.717) is 12.8 Å². The van der Waals surface area contributed by atoms with Crippen molar-refractivity contribution in [1.29, 1.82) is 0 Å². The van der Waals surface area contributed by atoms with Gasteiger partial charge in [0.15, 0.2) is 0 Å². The molecule has 1 rings (SSSR count).